The van der Waals surface area contributed by atoms with Crippen molar-refractivity contribution in [3.05, 3.63) is 0 Å². The summed E-state index contributed by atoms with van der Waals surface area (Å²) in [5, 5.41) is 9.32. The number of hydrogen-bond donors (Lipinski definition) is 1. The van der Waals surface area contributed by atoms with Crippen LogP contribution >= 0.6 is 15.9 Å². The van der Waals surface area contributed by atoms with Crippen molar-refractivity contribution in [3.8, 4) is 0 Å². The Bertz CT molecular complexity index is 169. The molecule has 0 aromatic carbocycles. The zero-order valence-electron chi connectivity index (χ0n) is 10.9. The van der Waals surface area contributed by atoms with Gasteiger partial charge in [0.25, 0.3) is 0 Å². The second-order valence-corrected chi connectivity index (χ2v) is 4.69. The van der Waals surface area contributed by atoms with Gasteiger partial charge in [-0.05, 0) is 13.3 Å². The van der Waals surface area contributed by atoms with Crippen LogP contribution in [0.15, 0.2) is 0 Å². The van der Waals surface area contributed by atoms with E-state index in [2.05, 4.69) is 29.8 Å². The number of aliphatic hydroxyl groups excluding tert-OH is 1. The van der Waals surface area contributed by atoms with Gasteiger partial charge in [-0.1, -0.05) is 29.3 Å². The smallest absolute Gasteiger partial charge is 0.0751 e. The monoisotopic (exact) mass is 312 g/mol. The van der Waals surface area contributed by atoms with E-state index in [4.69, 9.17) is 19.3 Å². The minimum atomic E-state index is -0.0918. The molecule has 0 aromatic heterocycles. The molecule has 0 spiro atoms. The number of halogens is 1. The molecule has 0 rings (SSSR count). The predicted molar refractivity (Wildman–Crippen MR) is 71.8 cm³/mol. The summed E-state index contributed by atoms with van der Waals surface area (Å²) in [6.45, 7) is 6.93. The standard InChI is InChI=1S/C12H25BrO4/c1-3-4-12(2,11-13)17-10-9-16-8-7-15-6-5-14/h14H,3-11H2,1-2H3. The average Bonchev–Trinajstić information content (AvgIpc) is 2.33. The lowest BCUT2D eigenvalue weighted by Crippen LogP contribution is -2.32. The van der Waals surface area contributed by atoms with E-state index < -0.39 is 0 Å². The molecule has 4 nitrogen and oxygen atoms in total. The summed E-state index contributed by atoms with van der Waals surface area (Å²) in [5.41, 5.74) is -0.0918. The van der Waals surface area contributed by atoms with Gasteiger partial charge in [0.2, 0.25) is 0 Å². The second kappa shape index (κ2) is 11.4. The fourth-order valence-corrected chi connectivity index (χ4v) is 1.88. The predicted octanol–water partition coefficient (Wildman–Crippen LogP) is 1.98. The number of rotatable bonds is 12. The quantitative estimate of drug-likeness (QED) is 0.442. The Kier molecular flexibility index (Phi) is 11.6. The van der Waals surface area contributed by atoms with E-state index in [9.17, 15) is 0 Å². The largest absolute Gasteiger partial charge is 0.394 e. The van der Waals surface area contributed by atoms with Gasteiger partial charge in [-0.2, -0.15) is 0 Å². The van der Waals surface area contributed by atoms with Gasteiger partial charge in [-0.25, -0.2) is 0 Å². The molecule has 0 aliphatic rings. The third kappa shape index (κ3) is 9.97. The first kappa shape index (κ1) is 17.3. The van der Waals surface area contributed by atoms with Gasteiger partial charge >= 0.3 is 0 Å². The number of ether oxygens (including phenoxy) is 3. The Morgan fingerprint density at radius 3 is 2.18 bits per heavy atom. The molecule has 1 N–H and O–H groups in total. The van der Waals surface area contributed by atoms with Crippen LogP contribution < -0.4 is 0 Å². The zero-order chi connectivity index (χ0) is 13.0. The van der Waals surface area contributed by atoms with Gasteiger partial charge in [-0.3, -0.25) is 0 Å². The summed E-state index contributed by atoms with van der Waals surface area (Å²) in [5.74, 6) is 0. The molecule has 0 fully saturated rings. The lowest BCUT2D eigenvalue weighted by Gasteiger charge is -2.27. The number of alkyl halides is 1. The van der Waals surface area contributed by atoms with Crippen molar-refractivity contribution in [2.45, 2.75) is 32.3 Å². The molecule has 0 bridgehead atoms. The highest BCUT2D eigenvalue weighted by Crippen LogP contribution is 2.19. The van der Waals surface area contributed by atoms with Crippen LogP contribution in [0, 0.1) is 0 Å². The van der Waals surface area contributed by atoms with Crippen molar-refractivity contribution in [1.29, 1.82) is 0 Å². The van der Waals surface area contributed by atoms with Crippen LogP contribution in [0.3, 0.4) is 0 Å². The van der Waals surface area contributed by atoms with Gasteiger partial charge < -0.3 is 19.3 Å². The van der Waals surface area contributed by atoms with Gasteiger partial charge in [0.05, 0.1) is 45.2 Å². The topological polar surface area (TPSA) is 47.9 Å². The minimum absolute atomic E-state index is 0.0593. The summed E-state index contributed by atoms with van der Waals surface area (Å²) in [6, 6.07) is 0. The molecular formula is C12H25BrO4. The van der Waals surface area contributed by atoms with Crippen molar-refractivity contribution in [1.82, 2.24) is 0 Å². The third-order valence-electron chi connectivity index (χ3n) is 2.35. The Morgan fingerprint density at radius 1 is 1.06 bits per heavy atom. The molecule has 0 aromatic rings. The molecule has 0 aliphatic heterocycles. The molecule has 5 heteroatoms. The summed E-state index contributed by atoms with van der Waals surface area (Å²) in [7, 11) is 0. The normalized spacial score (nSPS) is 14.8. The van der Waals surface area contributed by atoms with Crippen molar-refractivity contribution in [2.24, 2.45) is 0 Å². The van der Waals surface area contributed by atoms with E-state index in [0.29, 0.717) is 33.0 Å². The molecule has 0 heterocycles. The summed E-state index contributed by atoms with van der Waals surface area (Å²) >= 11 is 3.47. The molecule has 1 atom stereocenters. The van der Waals surface area contributed by atoms with E-state index in [-0.39, 0.29) is 12.2 Å². The number of hydrogen-bond acceptors (Lipinski definition) is 4. The highest BCUT2D eigenvalue weighted by Gasteiger charge is 2.21. The fourth-order valence-electron chi connectivity index (χ4n) is 1.44. The first-order valence-electron chi connectivity index (χ1n) is 6.15. The van der Waals surface area contributed by atoms with Crippen molar-refractivity contribution >= 4 is 15.9 Å². The second-order valence-electron chi connectivity index (χ2n) is 4.13. The minimum Gasteiger partial charge on any atom is -0.394 e. The van der Waals surface area contributed by atoms with E-state index in [1.54, 1.807) is 0 Å². The van der Waals surface area contributed by atoms with E-state index in [0.717, 1.165) is 18.2 Å². The van der Waals surface area contributed by atoms with Crippen molar-refractivity contribution in [2.75, 3.05) is 45.0 Å². The Morgan fingerprint density at radius 2 is 1.65 bits per heavy atom. The molecule has 0 saturated carbocycles. The van der Waals surface area contributed by atoms with Crippen molar-refractivity contribution < 1.29 is 19.3 Å². The summed E-state index contributed by atoms with van der Waals surface area (Å²) in [6.07, 6.45) is 2.15. The maximum atomic E-state index is 8.48. The molecule has 104 valence electrons. The Balaban J connectivity index is 3.37. The maximum absolute atomic E-state index is 8.48. The van der Waals surface area contributed by atoms with Crippen LogP contribution in [0.5, 0.6) is 0 Å². The molecule has 1 unspecified atom stereocenters. The molecule has 0 radical (unpaired) electrons. The fraction of sp³-hybridized carbons (Fsp3) is 1.00. The third-order valence-corrected chi connectivity index (χ3v) is 3.53. The van der Waals surface area contributed by atoms with Gasteiger partial charge in [0.15, 0.2) is 0 Å². The Labute approximate surface area is 113 Å². The lowest BCUT2D eigenvalue weighted by molar-refractivity contribution is -0.0536. The molecular weight excluding hydrogens is 288 g/mol. The average molecular weight is 313 g/mol. The highest BCUT2D eigenvalue weighted by atomic mass is 79.9. The van der Waals surface area contributed by atoms with Crippen LogP contribution in [0.4, 0.5) is 0 Å². The van der Waals surface area contributed by atoms with Crippen LogP contribution in [0.25, 0.3) is 0 Å². The van der Waals surface area contributed by atoms with Gasteiger partial charge in [0.1, 0.15) is 0 Å². The molecule has 0 saturated heterocycles. The number of aliphatic hydroxyl groups is 1. The van der Waals surface area contributed by atoms with E-state index in [1.165, 1.54) is 0 Å². The summed E-state index contributed by atoms with van der Waals surface area (Å²) < 4.78 is 16.2. The highest BCUT2D eigenvalue weighted by molar-refractivity contribution is 9.09. The van der Waals surface area contributed by atoms with Crippen molar-refractivity contribution in [3.63, 3.8) is 0 Å². The zero-order valence-corrected chi connectivity index (χ0v) is 12.5. The van der Waals surface area contributed by atoms with Gasteiger partial charge in [-0.15, -0.1) is 0 Å². The molecule has 0 amide bonds. The lowest BCUT2D eigenvalue weighted by atomic mass is 10.0. The van der Waals surface area contributed by atoms with Crippen LogP contribution in [0.2, 0.25) is 0 Å². The van der Waals surface area contributed by atoms with Crippen LogP contribution in [0.1, 0.15) is 26.7 Å². The van der Waals surface area contributed by atoms with Gasteiger partial charge in [0, 0.05) is 5.33 Å². The molecule has 17 heavy (non-hydrogen) atoms. The Hall–Kier alpha value is 0.320. The summed E-state index contributed by atoms with van der Waals surface area (Å²) in [4.78, 5) is 0. The van der Waals surface area contributed by atoms with E-state index in [1.807, 2.05) is 0 Å². The molecule has 0 aliphatic carbocycles. The van der Waals surface area contributed by atoms with Crippen LogP contribution in [-0.4, -0.2) is 55.7 Å². The first-order valence-corrected chi connectivity index (χ1v) is 7.27. The van der Waals surface area contributed by atoms with Crippen LogP contribution in [-0.2, 0) is 14.2 Å². The van der Waals surface area contributed by atoms with E-state index >= 15 is 0 Å². The maximum Gasteiger partial charge on any atom is 0.0751 e. The SMILES string of the molecule is CCCC(C)(CBr)OCCOCCOCCO. The first-order chi connectivity index (χ1) is 8.18.